The van der Waals surface area contributed by atoms with Crippen LogP contribution in [0.4, 0.5) is 0 Å². The number of nitrogens with one attached hydrogen (secondary N) is 1. The predicted molar refractivity (Wildman–Crippen MR) is 55.5 cm³/mol. The summed E-state index contributed by atoms with van der Waals surface area (Å²) >= 11 is 0. The van der Waals surface area contributed by atoms with Crippen LogP contribution in [-0.2, 0) is 14.8 Å². The zero-order valence-corrected chi connectivity index (χ0v) is 8.78. The summed E-state index contributed by atoms with van der Waals surface area (Å²) in [6, 6.07) is 5.78. The molecular formula is C9H8N2O4S. The fraction of sp³-hybridized carbons (Fsp3) is 0. The Kier molecular flexibility index (Phi) is 2.13. The van der Waals surface area contributed by atoms with E-state index in [1.165, 1.54) is 18.2 Å². The zero-order valence-electron chi connectivity index (χ0n) is 7.97. The molecule has 7 heteroatoms. The maximum Gasteiger partial charge on any atom is 0.269 e. The summed E-state index contributed by atoms with van der Waals surface area (Å²) in [5, 5.41) is 9.68. The first-order chi connectivity index (χ1) is 7.43. The van der Waals surface area contributed by atoms with Gasteiger partial charge in [0, 0.05) is 5.56 Å². The Morgan fingerprint density at radius 3 is 2.56 bits per heavy atom. The summed E-state index contributed by atoms with van der Waals surface area (Å²) in [4.78, 5) is 10.9. The van der Waals surface area contributed by atoms with Crippen molar-refractivity contribution in [1.29, 1.82) is 0 Å². The van der Waals surface area contributed by atoms with Crippen molar-refractivity contribution in [2.24, 2.45) is 5.73 Å². The van der Waals surface area contributed by atoms with Crippen molar-refractivity contribution in [3.8, 4) is 0 Å². The number of rotatable bonds is 1. The number of primary amides is 1. The normalized spacial score (nSPS) is 17.5. The standard InChI is InChI=1S/C9H8N2O4S/c10-9(13)7-8(12)5-3-1-2-4-6(5)16(14,15)11-7/h1-4,11-12H,(H2,10,13). The smallest absolute Gasteiger partial charge is 0.269 e. The van der Waals surface area contributed by atoms with Crippen LogP contribution in [0.1, 0.15) is 5.56 Å². The van der Waals surface area contributed by atoms with E-state index in [2.05, 4.69) is 0 Å². The van der Waals surface area contributed by atoms with Gasteiger partial charge in [0.1, 0.15) is 0 Å². The van der Waals surface area contributed by atoms with E-state index in [-0.39, 0.29) is 10.5 Å². The Bertz CT molecular complexity index is 604. The summed E-state index contributed by atoms with van der Waals surface area (Å²) < 4.78 is 25.3. The molecule has 1 aromatic rings. The molecule has 0 radical (unpaired) electrons. The van der Waals surface area contributed by atoms with Gasteiger partial charge in [-0.2, -0.15) is 0 Å². The second kappa shape index (κ2) is 3.24. The van der Waals surface area contributed by atoms with E-state index in [4.69, 9.17) is 5.73 Å². The van der Waals surface area contributed by atoms with Gasteiger partial charge in [0.05, 0.1) is 4.90 Å². The number of fused-ring (bicyclic) bond motifs is 1. The van der Waals surface area contributed by atoms with Crippen molar-refractivity contribution in [3.05, 3.63) is 35.5 Å². The molecule has 16 heavy (non-hydrogen) atoms. The van der Waals surface area contributed by atoms with Gasteiger partial charge in [-0.05, 0) is 12.1 Å². The topological polar surface area (TPSA) is 109 Å². The minimum Gasteiger partial charge on any atom is -0.505 e. The maximum absolute atomic E-state index is 11.7. The van der Waals surface area contributed by atoms with Crippen molar-refractivity contribution < 1.29 is 18.3 Å². The molecule has 0 atom stereocenters. The van der Waals surface area contributed by atoms with Crippen LogP contribution in [0.2, 0.25) is 0 Å². The number of sulfonamides is 1. The monoisotopic (exact) mass is 240 g/mol. The highest BCUT2D eigenvalue weighted by Gasteiger charge is 2.31. The van der Waals surface area contributed by atoms with Crippen LogP contribution in [0.3, 0.4) is 0 Å². The van der Waals surface area contributed by atoms with Crippen molar-refractivity contribution in [1.82, 2.24) is 4.72 Å². The first-order valence-electron chi connectivity index (χ1n) is 4.29. The lowest BCUT2D eigenvalue weighted by Gasteiger charge is -2.19. The van der Waals surface area contributed by atoms with E-state index < -0.39 is 27.4 Å². The van der Waals surface area contributed by atoms with Crippen molar-refractivity contribution in [2.45, 2.75) is 4.90 Å². The summed E-state index contributed by atoms with van der Waals surface area (Å²) in [6.07, 6.45) is 0. The summed E-state index contributed by atoms with van der Waals surface area (Å²) in [5.74, 6) is -1.49. The number of amides is 1. The van der Waals surface area contributed by atoms with E-state index in [1.807, 2.05) is 4.72 Å². The van der Waals surface area contributed by atoms with Gasteiger partial charge in [0.2, 0.25) is 0 Å². The molecule has 0 aliphatic carbocycles. The van der Waals surface area contributed by atoms with Crippen molar-refractivity contribution in [3.63, 3.8) is 0 Å². The second-order valence-corrected chi connectivity index (χ2v) is 4.84. The molecule has 0 bridgehead atoms. The van der Waals surface area contributed by atoms with E-state index in [0.29, 0.717) is 0 Å². The average molecular weight is 240 g/mol. The lowest BCUT2D eigenvalue weighted by Crippen LogP contribution is -2.35. The summed E-state index contributed by atoms with van der Waals surface area (Å²) in [5.41, 5.74) is 4.50. The molecule has 1 aliphatic heterocycles. The lowest BCUT2D eigenvalue weighted by molar-refractivity contribution is -0.114. The quantitative estimate of drug-likeness (QED) is 0.625. The third kappa shape index (κ3) is 1.41. The highest BCUT2D eigenvalue weighted by Crippen LogP contribution is 2.28. The van der Waals surface area contributed by atoms with Gasteiger partial charge < -0.3 is 10.8 Å². The highest BCUT2D eigenvalue weighted by molar-refractivity contribution is 7.89. The van der Waals surface area contributed by atoms with Crippen LogP contribution in [-0.4, -0.2) is 19.4 Å². The molecule has 1 heterocycles. The van der Waals surface area contributed by atoms with Crippen LogP contribution in [0.25, 0.3) is 5.76 Å². The maximum atomic E-state index is 11.7. The number of aliphatic hydroxyl groups excluding tert-OH is 1. The SMILES string of the molecule is NC(=O)C1=C(O)c2ccccc2S(=O)(=O)N1. The third-order valence-corrected chi connectivity index (χ3v) is 3.56. The van der Waals surface area contributed by atoms with Gasteiger partial charge in [-0.3, -0.25) is 9.52 Å². The minimum atomic E-state index is -3.84. The molecule has 84 valence electrons. The van der Waals surface area contributed by atoms with Gasteiger partial charge in [-0.1, -0.05) is 12.1 Å². The first kappa shape index (κ1) is 10.5. The molecule has 6 nitrogen and oxygen atoms in total. The van der Waals surface area contributed by atoms with Crippen molar-refractivity contribution >= 4 is 21.7 Å². The van der Waals surface area contributed by atoms with Gasteiger partial charge in [-0.15, -0.1) is 0 Å². The van der Waals surface area contributed by atoms with Crippen LogP contribution < -0.4 is 10.5 Å². The molecule has 2 rings (SSSR count). The number of nitrogens with two attached hydrogens (primary N) is 1. The largest absolute Gasteiger partial charge is 0.505 e. The predicted octanol–water partition coefficient (Wildman–Crippen LogP) is -0.310. The molecule has 0 aromatic heterocycles. The van der Waals surface area contributed by atoms with E-state index in [9.17, 15) is 18.3 Å². The molecule has 0 spiro atoms. The van der Waals surface area contributed by atoms with Gasteiger partial charge in [-0.25, -0.2) is 8.42 Å². The Balaban J connectivity index is 2.80. The zero-order chi connectivity index (χ0) is 11.9. The van der Waals surface area contributed by atoms with Crippen LogP contribution in [0, 0.1) is 0 Å². The van der Waals surface area contributed by atoms with Crippen LogP contribution in [0.5, 0.6) is 0 Å². The average Bonchev–Trinajstić information content (AvgIpc) is 2.23. The fourth-order valence-electron chi connectivity index (χ4n) is 1.44. The van der Waals surface area contributed by atoms with Gasteiger partial charge in [0.25, 0.3) is 15.9 Å². The van der Waals surface area contributed by atoms with Crippen LogP contribution in [0.15, 0.2) is 34.9 Å². The first-order valence-corrected chi connectivity index (χ1v) is 5.77. The lowest BCUT2D eigenvalue weighted by atomic mass is 10.1. The Hall–Kier alpha value is -2.02. The van der Waals surface area contributed by atoms with E-state index in [1.54, 1.807) is 6.07 Å². The summed E-state index contributed by atoms with van der Waals surface area (Å²) in [7, 11) is -3.84. The summed E-state index contributed by atoms with van der Waals surface area (Å²) in [6.45, 7) is 0. The number of hydrogen-bond donors (Lipinski definition) is 3. The Morgan fingerprint density at radius 2 is 1.94 bits per heavy atom. The second-order valence-electron chi connectivity index (χ2n) is 3.19. The minimum absolute atomic E-state index is 0.0649. The van der Waals surface area contributed by atoms with E-state index >= 15 is 0 Å². The Morgan fingerprint density at radius 1 is 1.31 bits per heavy atom. The number of carbonyl (C=O) groups is 1. The third-order valence-electron chi connectivity index (χ3n) is 2.15. The van der Waals surface area contributed by atoms with Gasteiger partial charge in [0.15, 0.2) is 11.5 Å². The molecule has 0 unspecified atom stereocenters. The molecule has 4 N–H and O–H groups in total. The molecule has 1 aliphatic rings. The number of aliphatic hydroxyl groups is 1. The molecule has 0 saturated heterocycles. The fourth-order valence-corrected chi connectivity index (χ4v) is 2.72. The molecular weight excluding hydrogens is 232 g/mol. The molecule has 0 fully saturated rings. The number of carbonyl (C=O) groups excluding carboxylic acids is 1. The molecule has 1 amide bonds. The van der Waals surface area contributed by atoms with E-state index in [0.717, 1.165) is 0 Å². The van der Waals surface area contributed by atoms with Gasteiger partial charge >= 0.3 is 0 Å². The molecule has 0 saturated carbocycles. The van der Waals surface area contributed by atoms with Crippen molar-refractivity contribution in [2.75, 3.05) is 0 Å². The van der Waals surface area contributed by atoms with Crippen LogP contribution >= 0.6 is 0 Å². The number of hydrogen-bond acceptors (Lipinski definition) is 4. The molecule has 1 aromatic carbocycles. The highest BCUT2D eigenvalue weighted by atomic mass is 32.2. The Labute approximate surface area is 91.4 Å². The number of benzene rings is 1.